The van der Waals surface area contributed by atoms with Gasteiger partial charge in [0.1, 0.15) is 0 Å². The third-order valence-corrected chi connectivity index (χ3v) is 4.94. The Bertz CT molecular complexity index is 516. The van der Waals surface area contributed by atoms with Crippen LogP contribution in [0.25, 0.3) is 0 Å². The minimum atomic E-state index is 0. The predicted molar refractivity (Wildman–Crippen MR) is 101 cm³/mol. The maximum absolute atomic E-state index is 11.8. The molecule has 122 valence electrons. The summed E-state index contributed by atoms with van der Waals surface area (Å²) in [6.45, 7) is 2.30. The van der Waals surface area contributed by atoms with E-state index in [1.807, 2.05) is 4.90 Å². The van der Waals surface area contributed by atoms with Gasteiger partial charge in [-0.1, -0.05) is 6.07 Å². The average molecular weight is 434 g/mol. The molecule has 2 fully saturated rings. The fraction of sp³-hybridized carbons (Fsp3) is 0.600. The van der Waals surface area contributed by atoms with Crippen molar-refractivity contribution < 1.29 is 4.79 Å². The van der Waals surface area contributed by atoms with E-state index in [0.29, 0.717) is 36.8 Å². The molecule has 2 heterocycles. The van der Waals surface area contributed by atoms with Crippen LogP contribution >= 0.6 is 35.3 Å². The molecule has 1 saturated heterocycles. The first-order chi connectivity index (χ1) is 10.2. The summed E-state index contributed by atoms with van der Waals surface area (Å²) in [5.41, 5.74) is 5.88. The Hall–Kier alpha value is -0.830. The Morgan fingerprint density at radius 1 is 1.50 bits per heavy atom. The number of carbonyl (C=O) groups is 1. The van der Waals surface area contributed by atoms with Crippen LogP contribution in [0.15, 0.2) is 22.5 Å². The average Bonchev–Trinajstić information content (AvgIpc) is 3.04. The van der Waals surface area contributed by atoms with Gasteiger partial charge in [0, 0.05) is 42.9 Å². The predicted octanol–water partition coefficient (Wildman–Crippen LogP) is 1.82. The van der Waals surface area contributed by atoms with E-state index in [-0.39, 0.29) is 24.0 Å². The second-order valence-electron chi connectivity index (χ2n) is 5.83. The molecular weight excluding hydrogens is 411 g/mol. The highest BCUT2D eigenvalue weighted by Gasteiger charge is 2.38. The molecule has 0 bridgehead atoms. The van der Waals surface area contributed by atoms with Crippen molar-refractivity contribution in [3.63, 3.8) is 0 Å². The molecule has 0 radical (unpaired) electrons. The Morgan fingerprint density at radius 3 is 3.00 bits per heavy atom. The number of thiophene rings is 1. The zero-order valence-corrected chi connectivity index (χ0v) is 15.7. The minimum absolute atomic E-state index is 0. The first-order valence-electron chi connectivity index (χ1n) is 7.58. The summed E-state index contributed by atoms with van der Waals surface area (Å²) in [4.78, 5) is 19.6. The molecule has 1 aromatic heterocycles. The summed E-state index contributed by atoms with van der Waals surface area (Å²) in [6, 6.07) is 4.70. The number of hydrogen-bond acceptors (Lipinski definition) is 3. The van der Waals surface area contributed by atoms with Crippen LogP contribution in [0.4, 0.5) is 0 Å². The van der Waals surface area contributed by atoms with Crippen LogP contribution in [-0.2, 0) is 11.2 Å². The molecule has 0 spiro atoms. The summed E-state index contributed by atoms with van der Waals surface area (Å²) < 4.78 is 0. The number of amides is 1. The molecule has 1 unspecified atom stereocenters. The first-order valence-corrected chi connectivity index (χ1v) is 8.46. The normalized spacial score (nSPS) is 21.8. The van der Waals surface area contributed by atoms with Gasteiger partial charge < -0.3 is 16.0 Å². The highest BCUT2D eigenvalue weighted by Crippen LogP contribution is 2.32. The molecule has 22 heavy (non-hydrogen) atoms. The first kappa shape index (κ1) is 17.5. The van der Waals surface area contributed by atoms with E-state index < -0.39 is 0 Å². The number of hydrogen-bond donors (Lipinski definition) is 2. The number of carbonyl (C=O) groups excluding carboxylic acids is 1. The lowest BCUT2D eigenvalue weighted by Gasteiger charge is -2.14. The van der Waals surface area contributed by atoms with Gasteiger partial charge in [0.25, 0.3) is 0 Å². The van der Waals surface area contributed by atoms with Crippen molar-refractivity contribution in [3.8, 4) is 0 Å². The molecule has 1 atom stereocenters. The fourth-order valence-corrected chi connectivity index (χ4v) is 3.43. The third-order valence-electron chi connectivity index (χ3n) is 4.00. The van der Waals surface area contributed by atoms with Crippen LogP contribution in [0.5, 0.6) is 0 Å². The number of nitrogens with one attached hydrogen (secondary N) is 1. The highest BCUT2D eigenvalue weighted by atomic mass is 127. The Morgan fingerprint density at radius 2 is 2.32 bits per heavy atom. The molecule has 1 amide bonds. The van der Waals surface area contributed by atoms with Gasteiger partial charge in [-0.05, 0) is 30.7 Å². The van der Waals surface area contributed by atoms with Crippen molar-refractivity contribution in [1.82, 2.24) is 10.2 Å². The van der Waals surface area contributed by atoms with Crippen LogP contribution in [0.2, 0.25) is 0 Å². The number of nitrogens with zero attached hydrogens (tertiary/aromatic N) is 2. The molecule has 0 aromatic carbocycles. The van der Waals surface area contributed by atoms with Gasteiger partial charge in [0.05, 0.1) is 0 Å². The number of halogens is 1. The van der Waals surface area contributed by atoms with Crippen molar-refractivity contribution in [1.29, 1.82) is 0 Å². The highest BCUT2D eigenvalue weighted by molar-refractivity contribution is 14.0. The molecule has 2 aliphatic rings. The molecule has 1 aliphatic carbocycles. The minimum Gasteiger partial charge on any atom is -0.370 e. The second-order valence-corrected chi connectivity index (χ2v) is 6.86. The van der Waals surface area contributed by atoms with Gasteiger partial charge in [-0.3, -0.25) is 9.79 Å². The van der Waals surface area contributed by atoms with E-state index in [1.165, 1.54) is 17.7 Å². The molecule has 3 N–H and O–H groups in total. The van der Waals surface area contributed by atoms with Crippen molar-refractivity contribution in [2.45, 2.75) is 31.7 Å². The van der Waals surface area contributed by atoms with E-state index in [1.54, 1.807) is 11.3 Å². The molecule has 3 rings (SSSR count). The van der Waals surface area contributed by atoms with Crippen molar-refractivity contribution >= 4 is 47.2 Å². The van der Waals surface area contributed by atoms with Gasteiger partial charge in [-0.15, -0.1) is 35.3 Å². The van der Waals surface area contributed by atoms with Crippen LogP contribution in [0.3, 0.4) is 0 Å². The lowest BCUT2D eigenvalue weighted by molar-refractivity contribution is -0.128. The third kappa shape index (κ3) is 4.84. The summed E-state index contributed by atoms with van der Waals surface area (Å²) in [5.74, 6) is 1.11. The second kappa shape index (κ2) is 8.14. The maximum Gasteiger partial charge on any atom is 0.223 e. The SMILES string of the molecule is I.NC(=NCC1CC(=O)N(C2CC2)C1)NCCc1cccs1. The monoisotopic (exact) mass is 434 g/mol. The van der Waals surface area contributed by atoms with E-state index >= 15 is 0 Å². The Kier molecular flexibility index (Phi) is 6.49. The Balaban J connectivity index is 0.00000176. The van der Waals surface area contributed by atoms with Crippen LogP contribution < -0.4 is 11.1 Å². The molecule has 5 nitrogen and oxygen atoms in total. The molecule has 1 aromatic rings. The lowest BCUT2D eigenvalue weighted by atomic mass is 10.1. The van der Waals surface area contributed by atoms with E-state index in [2.05, 4.69) is 27.8 Å². The smallest absolute Gasteiger partial charge is 0.223 e. The van der Waals surface area contributed by atoms with Crippen molar-refractivity contribution in [2.75, 3.05) is 19.6 Å². The zero-order valence-electron chi connectivity index (χ0n) is 12.5. The zero-order chi connectivity index (χ0) is 14.7. The summed E-state index contributed by atoms with van der Waals surface area (Å²) in [7, 11) is 0. The van der Waals surface area contributed by atoms with Crippen LogP contribution in [0, 0.1) is 5.92 Å². The summed E-state index contributed by atoms with van der Waals surface area (Å²) >= 11 is 1.75. The molecule has 1 saturated carbocycles. The van der Waals surface area contributed by atoms with E-state index in [9.17, 15) is 4.79 Å². The Labute approximate surface area is 152 Å². The largest absolute Gasteiger partial charge is 0.370 e. The molecule has 1 aliphatic heterocycles. The summed E-state index contributed by atoms with van der Waals surface area (Å²) in [6.07, 6.45) is 3.94. The van der Waals surface area contributed by atoms with Crippen LogP contribution in [0.1, 0.15) is 24.1 Å². The molecule has 7 heteroatoms. The van der Waals surface area contributed by atoms with Gasteiger partial charge in [0.15, 0.2) is 5.96 Å². The van der Waals surface area contributed by atoms with E-state index in [4.69, 9.17) is 5.73 Å². The quantitative estimate of drug-likeness (QED) is 0.408. The fourth-order valence-electron chi connectivity index (χ4n) is 2.72. The number of likely N-dealkylation sites (tertiary alicyclic amines) is 1. The molecular formula is C15H23IN4OS. The van der Waals surface area contributed by atoms with Crippen molar-refractivity contribution in [2.24, 2.45) is 16.6 Å². The van der Waals surface area contributed by atoms with Gasteiger partial charge in [0.2, 0.25) is 5.91 Å². The lowest BCUT2D eigenvalue weighted by Crippen LogP contribution is -2.34. The maximum atomic E-state index is 11.8. The number of nitrogens with two attached hydrogens (primary N) is 1. The van der Waals surface area contributed by atoms with Crippen LogP contribution in [-0.4, -0.2) is 42.4 Å². The van der Waals surface area contributed by atoms with E-state index in [0.717, 1.165) is 19.5 Å². The topological polar surface area (TPSA) is 70.7 Å². The standard InChI is InChI=1S/C15H22N4OS.HI/c16-15(17-6-5-13-2-1-7-21-13)18-9-11-8-14(20)19(10-11)12-3-4-12;/h1-2,7,11-12H,3-6,8-10H2,(H3,16,17,18);1H. The summed E-state index contributed by atoms with van der Waals surface area (Å²) in [5, 5.41) is 5.22. The van der Waals surface area contributed by atoms with Gasteiger partial charge in [-0.25, -0.2) is 0 Å². The van der Waals surface area contributed by atoms with Gasteiger partial charge >= 0.3 is 0 Å². The number of guanidine groups is 1. The number of aliphatic imine (C=N–C) groups is 1. The van der Waals surface area contributed by atoms with Crippen molar-refractivity contribution in [3.05, 3.63) is 22.4 Å². The number of rotatable bonds is 6. The van der Waals surface area contributed by atoms with Gasteiger partial charge in [-0.2, -0.15) is 0 Å².